The Labute approximate surface area is 54.5 Å². The summed E-state index contributed by atoms with van der Waals surface area (Å²) in [7, 11) is 0. The van der Waals surface area contributed by atoms with Crippen LogP contribution in [0.3, 0.4) is 0 Å². The molecule has 0 bridgehead atoms. The predicted molar refractivity (Wildman–Crippen MR) is 31.7 cm³/mol. The number of hydrogen-bond donors (Lipinski definition) is 1. The van der Waals surface area contributed by atoms with Crippen LogP contribution in [-0.4, -0.2) is 22.9 Å². The van der Waals surface area contributed by atoms with Gasteiger partial charge in [-0.3, -0.25) is 0 Å². The summed E-state index contributed by atoms with van der Waals surface area (Å²) in [5.41, 5.74) is 0. The summed E-state index contributed by atoms with van der Waals surface area (Å²) in [5.74, 6) is 0. The van der Waals surface area contributed by atoms with Gasteiger partial charge >= 0.3 is 0 Å². The second-order valence-corrected chi connectivity index (χ2v) is 2.30. The Balaban J connectivity index is 2.41. The van der Waals surface area contributed by atoms with Crippen LogP contribution in [0.4, 0.5) is 0 Å². The fraction of sp³-hybridized carbons (Fsp3) is 0.833. The molecule has 0 saturated carbocycles. The molecule has 3 heteroatoms. The highest BCUT2D eigenvalue weighted by Gasteiger charge is 2.18. The van der Waals surface area contributed by atoms with Gasteiger partial charge in [0.05, 0.1) is 6.07 Å². The normalized spacial score (nSPS) is 29.6. The molecule has 1 rings (SSSR count). The number of rotatable bonds is 0. The summed E-state index contributed by atoms with van der Waals surface area (Å²) in [6.45, 7) is 0.651. The molecule has 1 heterocycles. The van der Waals surface area contributed by atoms with Crippen LogP contribution in [0.2, 0.25) is 0 Å². The SMILES string of the molecule is N#CC1CCCCN1O. The maximum Gasteiger partial charge on any atom is 0.121 e. The van der Waals surface area contributed by atoms with Crippen molar-refractivity contribution in [3.63, 3.8) is 0 Å². The summed E-state index contributed by atoms with van der Waals surface area (Å²) < 4.78 is 0. The first-order chi connectivity index (χ1) is 4.34. The lowest BCUT2D eigenvalue weighted by Crippen LogP contribution is -2.35. The molecule has 50 valence electrons. The van der Waals surface area contributed by atoms with Crippen molar-refractivity contribution in [3.8, 4) is 6.07 Å². The van der Waals surface area contributed by atoms with Gasteiger partial charge in [-0.1, -0.05) is 0 Å². The molecule has 1 atom stereocenters. The van der Waals surface area contributed by atoms with Crippen molar-refractivity contribution in [2.24, 2.45) is 0 Å². The Hall–Kier alpha value is -0.590. The second kappa shape index (κ2) is 2.81. The molecule has 0 spiro atoms. The van der Waals surface area contributed by atoms with E-state index in [1.165, 1.54) is 0 Å². The molecule has 1 aliphatic heterocycles. The topological polar surface area (TPSA) is 47.3 Å². The molecule has 0 aliphatic carbocycles. The predicted octanol–water partition coefficient (Wildman–Crippen LogP) is 0.754. The summed E-state index contributed by atoms with van der Waals surface area (Å²) in [4.78, 5) is 0. The van der Waals surface area contributed by atoms with Gasteiger partial charge in [-0.05, 0) is 19.3 Å². The molecule has 0 aromatic rings. The third-order valence-corrected chi connectivity index (χ3v) is 1.62. The van der Waals surface area contributed by atoms with Crippen molar-refractivity contribution in [2.75, 3.05) is 6.54 Å². The zero-order valence-electron chi connectivity index (χ0n) is 5.25. The third kappa shape index (κ3) is 1.41. The molecule has 0 aromatic heterocycles. The van der Waals surface area contributed by atoms with Crippen molar-refractivity contribution < 1.29 is 5.21 Å². The minimum absolute atomic E-state index is 0.251. The summed E-state index contributed by atoms with van der Waals surface area (Å²) in [6, 6.07) is 1.78. The minimum atomic E-state index is -0.251. The molecular formula is C6H10N2O. The first-order valence-corrected chi connectivity index (χ1v) is 3.19. The van der Waals surface area contributed by atoms with E-state index >= 15 is 0 Å². The van der Waals surface area contributed by atoms with Gasteiger partial charge in [-0.25, -0.2) is 0 Å². The van der Waals surface area contributed by atoms with Crippen LogP contribution in [0, 0.1) is 11.3 Å². The van der Waals surface area contributed by atoms with E-state index in [0.717, 1.165) is 24.3 Å². The quantitative estimate of drug-likeness (QED) is 0.521. The third-order valence-electron chi connectivity index (χ3n) is 1.62. The standard InChI is InChI=1S/C6H10N2O/c7-5-6-3-1-2-4-8(6)9/h6,9H,1-4H2. The number of nitriles is 1. The van der Waals surface area contributed by atoms with Crippen molar-refractivity contribution >= 4 is 0 Å². The first-order valence-electron chi connectivity index (χ1n) is 3.19. The molecule has 1 saturated heterocycles. The molecular weight excluding hydrogens is 116 g/mol. The lowest BCUT2D eigenvalue weighted by molar-refractivity contribution is -0.125. The number of hydroxylamine groups is 2. The van der Waals surface area contributed by atoms with Gasteiger partial charge in [0.2, 0.25) is 0 Å². The highest BCUT2D eigenvalue weighted by atomic mass is 16.5. The fourth-order valence-electron chi connectivity index (χ4n) is 1.05. The minimum Gasteiger partial charge on any atom is -0.313 e. The number of hydrogen-bond acceptors (Lipinski definition) is 3. The van der Waals surface area contributed by atoms with Gasteiger partial charge in [-0.2, -0.15) is 10.3 Å². The van der Waals surface area contributed by atoms with E-state index in [-0.39, 0.29) is 6.04 Å². The van der Waals surface area contributed by atoms with E-state index in [2.05, 4.69) is 0 Å². The van der Waals surface area contributed by atoms with Crippen LogP contribution >= 0.6 is 0 Å². The fourth-order valence-corrected chi connectivity index (χ4v) is 1.05. The molecule has 1 unspecified atom stereocenters. The zero-order valence-corrected chi connectivity index (χ0v) is 5.25. The molecule has 0 aromatic carbocycles. The smallest absolute Gasteiger partial charge is 0.121 e. The van der Waals surface area contributed by atoms with Gasteiger partial charge in [0.1, 0.15) is 6.04 Å². The maximum absolute atomic E-state index is 8.98. The lowest BCUT2D eigenvalue weighted by Gasteiger charge is -2.24. The van der Waals surface area contributed by atoms with Gasteiger partial charge in [0.25, 0.3) is 0 Å². The van der Waals surface area contributed by atoms with Gasteiger partial charge in [0, 0.05) is 6.54 Å². The average molecular weight is 126 g/mol. The van der Waals surface area contributed by atoms with Crippen LogP contribution in [-0.2, 0) is 0 Å². The van der Waals surface area contributed by atoms with Gasteiger partial charge in [-0.15, -0.1) is 0 Å². The van der Waals surface area contributed by atoms with Crippen LogP contribution in [0.1, 0.15) is 19.3 Å². The van der Waals surface area contributed by atoms with Gasteiger partial charge < -0.3 is 5.21 Å². The summed E-state index contributed by atoms with van der Waals surface area (Å²) in [5, 5.41) is 18.5. The van der Waals surface area contributed by atoms with Crippen LogP contribution in [0.15, 0.2) is 0 Å². The molecule has 3 nitrogen and oxygen atoms in total. The second-order valence-electron chi connectivity index (χ2n) is 2.30. The average Bonchev–Trinajstić information content (AvgIpc) is 1.89. The number of piperidine rings is 1. The maximum atomic E-state index is 8.98. The lowest BCUT2D eigenvalue weighted by atomic mass is 10.1. The Morgan fingerprint density at radius 3 is 2.78 bits per heavy atom. The highest BCUT2D eigenvalue weighted by Crippen LogP contribution is 2.12. The van der Waals surface area contributed by atoms with Crippen molar-refractivity contribution in [2.45, 2.75) is 25.3 Å². The Morgan fingerprint density at radius 2 is 2.33 bits per heavy atom. The zero-order chi connectivity index (χ0) is 6.69. The Kier molecular flexibility index (Phi) is 2.04. The van der Waals surface area contributed by atoms with E-state index in [1.54, 1.807) is 0 Å². The van der Waals surface area contributed by atoms with E-state index in [9.17, 15) is 0 Å². The monoisotopic (exact) mass is 126 g/mol. The Morgan fingerprint density at radius 1 is 1.56 bits per heavy atom. The van der Waals surface area contributed by atoms with Crippen LogP contribution in [0.25, 0.3) is 0 Å². The summed E-state index contributed by atoms with van der Waals surface area (Å²) >= 11 is 0. The Bertz CT molecular complexity index is 130. The van der Waals surface area contributed by atoms with Gasteiger partial charge in [0.15, 0.2) is 0 Å². The molecule has 9 heavy (non-hydrogen) atoms. The van der Waals surface area contributed by atoms with Crippen molar-refractivity contribution in [3.05, 3.63) is 0 Å². The first kappa shape index (κ1) is 6.53. The molecule has 0 amide bonds. The van der Waals surface area contributed by atoms with Crippen LogP contribution in [0.5, 0.6) is 0 Å². The van der Waals surface area contributed by atoms with E-state index < -0.39 is 0 Å². The molecule has 1 fully saturated rings. The summed E-state index contributed by atoms with van der Waals surface area (Å²) in [6.07, 6.45) is 2.89. The number of nitrogens with zero attached hydrogens (tertiary/aromatic N) is 2. The van der Waals surface area contributed by atoms with Crippen LogP contribution < -0.4 is 0 Å². The van der Waals surface area contributed by atoms with Crippen molar-refractivity contribution in [1.82, 2.24) is 5.06 Å². The largest absolute Gasteiger partial charge is 0.313 e. The van der Waals surface area contributed by atoms with E-state index in [0.29, 0.717) is 6.54 Å². The molecule has 1 N–H and O–H groups in total. The van der Waals surface area contributed by atoms with E-state index in [4.69, 9.17) is 10.5 Å². The molecule has 0 radical (unpaired) electrons. The molecule has 1 aliphatic rings. The van der Waals surface area contributed by atoms with E-state index in [1.807, 2.05) is 6.07 Å². The highest BCUT2D eigenvalue weighted by molar-refractivity contribution is 4.90. The van der Waals surface area contributed by atoms with Crippen molar-refractivity contribution in [1.29, 1.82) is 5.26 Å².